The SMILES string of the molecule is Cc1ccc(C)c(N2CC=C[C@]34O[C@@]5(C)C=CCOC(=O)[C@H]5[C@H]3C(=O)N(CCCCCO)C4C2=O)c1. The molecular formula is C28H34N2O6. The Morgan fingerprint density at radius 2 is 1.83 bits per heavy atom. The number of hydrogen-bond donors (Lipinski definition) is 1. The summed E-state index contributed by atoms with van der Waals surface area (Å²) in [5, 5.41) is 9.20. The minimum Gasteiger partial charge on any atom is -0.461 e. The number of ether oxygens (including phenoxy) is 2. The van der Waals surface area contributed by atoms with Crippen LogP contribution in [0.1, 0.15) is 37.3 Å². The Balaban J connectivity index is 1.61. The van der Waals surface area contributed by atoms with Gasteiger partial charge in [-0.3, -0.25) is 14.4 Å². The monoisotopic (exact) mass is 494 g/mol. The molecule has 0 aliphatic carbocycles. The standard InChI is InChI=1S/C28H34N2O6/c1-18-9-10-19(2)20(17-18)29-14-7-12-28-21(22-26(34)35-16-8-11-27(22,3)36-28)24(32)30(23(28)25(29)33)13-5-4-6-15-31/h7-12,17,21-23,31H,4-6,13-16H2,1-3H3/t21-,22+,23?,27-,28-/m0/s1. The summed E-state index contributed by atoms with van der Waals surface area (Å²) in [6.07, 6.45) is 9.26. The predicted octanol–water partition coefficient (Wildman–Crippen LogP) is 2.45. The highest BCUT2D eigenvalue weighted by molar-refractivity contribution is 6.06. The molecule has 0 bridgehead atoms. The van der Waals surface area contributed by atoms with Crippen LogP contribution in [0.3, 0.4) is 0 Å². The largest absolute Gasteiger partial charge is 0.461 e. The molecule has 192 valence electrons. The van der Waals surface area contributed by atoms with Gasteiger partial charge in [-0.1, -0.05) is 30.4 Å². The first-order valence-electron chi connectivity index (χ1n) is 12.8. The summed E-state index contributed by atoms with van der Waals surface area (Å²) >= 11 is 0. The molecule has 1 unspecified atom stereocenters. The van der Waals surface area contributed by atoms with Crippen molar-refractivity contribution in [2.24, 2.45) is 11.8 Å². The maximum atomic E-state index is 14.4. The number of esters is 1. The van der Waals surface area contributed by atoms with Gasteiger partial charge in [-0.2, -0.15) is 0 Å². The quantitative estimate of drug-likeness (QED) is 0.371. The van der Waals surface area contributed by atoms with E-state index >= 15 is 0 Å². The van der Waals surface area contributed by atoms with Gasteiger partial charge >= 0.3 is 5.97 Å². The number of amides is 2. The van der Waals surface area contributed by atoms with Crippen LogP contribution in [0, 0.1) is 25.7 Å². The fraction of sp³-hybridized carbons (Fsp3) is 0.536. The van der Waals surface area contributed by atoms with Crippen LogP contribution >= 0.6 is 0 Å². The molecule has 5 atom stereocenters. The lowest BCUT2D eigenvalue weighted by Crippen LogP contribution is -2.56. The van der Waals surface area contributed by atoms with Crippen LogP contribution in [0.2, 0.25) is 0 Å². The van der Waals surface area contributed by atoms with Crippen LogP contribution in [0.4, 0.5) is 5.69 Å². The average molecular weight is 495 g/mol. The first-order valence-corrected chi connectivity index (χ1v) is 12.8. The number of cyclic esters (lactones) is 1. The number of unbranched alkanes of at least 4 members (excludes halogenated alkanes) is 2. The zero-order valence-electron chi connectivity index (χ0n) is 21.1. The number of aliphatic hydroxyl groups excluding tert-OH is 1. The summed E-state index contributed by atoms with van der Waals surface area (Å²) in [6.45, 7) is 6.64. The molecule has 1 N–H and O–H groups in total. The molecule has 4 heterocycles. The van der Waals surface area contributed by atoms with Gasteiger partial charge in [-0.05, 0) is 63.3 Å². The molecule has 1 spiro atoms. The third-order valence-electron chi connectivity index (χ3n) is 8.03. The van der Waals surface area contributed by atoms with Crippen LogP contribution in [-0.4, -0.2) is 71.3 Å². The van der Waals surface area contributed by atoms with Gasteiger partial charge in [0.05, 0.1) is 11.5 Å². The molecule has 2 fully saturated rings. The average Bonchev–Trinajstić information content (AvgIpc) is 3.09. The number of hydrogen-bond acceptors (Lipinski definition) is 6. The minimum atomic E-state index is -1.28. The summed E-state index contributed by atoms with van der Waals surface area (Å²) in [7, 11) is 0. The maximum absolute atomic E-state index is 14.4. The lowest BCUT2D eigenvalue weighted by atomic mass is 9.75. The molecule has 1 aromatic rings. The van der Waals surface area contributed by atoms with E-state index in [0.717, 1.165) is 23.2 Å². The van der Waals surface area contributed by atoms with Gasteiger partial charge in [0.25, 0.3) is 5.91 Å². The molecule has 2 amide bonds. The number of carbonyl (C=O) groups is 3. The summed E-state index contributed by atoms with van der Waals surface area (Å²) in [6, 6.07) is 5.07. The molecule has 0 aromatic heterocycles. The molecule has 4 aliphatic heterocycles. The van der Waals surface area contributed by atoms with E-state index in [1.807, 2.05) is 44.2 Å². The van der Waals surface area contributed by atoms with Crippen molar-refractivity contribution in [3.63, 3.8) is 0 Å². The number of aliphatic hydroxyl groups is 1. The molecular weight excluding hydrogens is 460 g/mol. The van der Waals surface area contributed by atoms with Gasteiger partial charge in [0.15, 0.2) is 0 Å². The topological polar surface area (TPSA) is 96.4 Å². The van der Waals surface area contributed by atoms with E-state index in [1.165, 1.54) is 0 Å². The number of aryl methyl sites for hydroxylation is 2. The van der Waals surface area contributed by atoms with E-state index in [-0.39, 0.29) is 25.0 Å². The van der Waals surface area contributed by atoms with Gasteiger partial charge in [0.1, 0.15) is 24.2 Å². The molecule has 1 aromatic carbocycles. The second-order valence-electron chi connectivity index (χ2n) is 10.5. The summed E-state index contributed by atoms with van der Waals surface area (Å²) in [4.78, 5) is 44.9. The van der Waals surface area contributed by atoms with Crippen molar-refractivity contribution in [1.29, 1.82) is 0 Å². The van der Waals surface area contributed by atoms with Crippen LogP contribution in [0.25, 0.3) is 0 Å². The van der Waals surface area contributed by atoms with Crippen molar-refractivity contribution in [1.82, 2.24) is 4.90 Å². The lowest BCUT2D eigenvalue weighted by Gasteiger charge is -2.37. The second kappa shape index (κ2) is 9.16. The zero-order valence-corrected chi connectivity index (χ0v) is 21.1. The minimum absolute atomic E-state index is 0.0771. The van der Waals surface area contributed by atoms with Crippen LogP contribution in [0.5, 0.6) is 0 Å². The van der Waals surface area contributed by atoms with Crippen LogP contribution < -0.4 is 4.90 Å². The molecule has 4 aliphatic rings. The van der Waals surface area contributed by atoms with Gasteiger partial charge in [0.2, 0.25) is 5.91 Å². The van der Waals surface area contributed by atoms with E-state index in [9.17, 15) is 19.5 Å². The summed E-state index contributed by atoms with van der Waals surface area (Å²) in [5.41, 5.74) is 0.457. The number of nitrogens with zero attached hydrogens (tertiary/aromatic N) is 2. The highest BCUT2D eigenvalue weighted by atomic mass is 16.6. The number of anilines is 1. The van der Waals surface area contributed by atoms with Crippen molar-refractivity contribution in [3.8, 4) is 0 Å². The number of benzene rings is 1. The summed E-state index contributed by atoms with van der Waals surface area (Å²) in [5.74, 6) is -2.66. The van der Waals surface area contributed by atoms with Crippen LogP contribution in [-0.2, 0) is 23.9 Å². The molecule has 8 heteroatoms. The third-order valence-corrected chi connectivity index (χ3v) is 8.03. The van der Waals surface area contributed by atoms with Gasteiger partial charge in [0, 0.05) is 25.4 Å². The number of fused-ring (bicyclic) bond motifs is 2. The number of rotatable bonds is 6. The van der Waals surface area contributed by atoms with Gasteiger partial charge in [-0.25, -0.2) is 0 Å². The first kappa shape index (κ1) is 24.7. The fourth-order valence-corrected chi connectivity index (χ4v) is 6.39. The van der Waals surface area contributed by atoms with Gasteiger partial charge in [-0.15, -0.1) is 0 Å². The second-order valence-corrected chi connectivity index (χ2v) is 10.5. The van der Waals surface area contributed by atoms with E-state index in [1.54, 1.807) is 28.9 Å². The highest BCUT2D eigenvalue weighted by Gasteiger charge is 2.74. The zero-order chi connectivity index (χ0) is 25.7. The highest BCUT2D eigenvalue weighted by Crippen LogP contribution is 2.57. The summed E-state index contributed by atoms with van der Waals surface area (Å²) < 4.78 is 12.1. The number of likely N-dealkylation sites (tertiary alicyclic amines) is 1. The Hall–Kier alpha value is -2.97. The van der Waals surface area contributed by atoms with Crippen LogP contribution in [0.15, 0.2) is 42.5 Å². The lowest BCUT2D eigenvalue weighted by molar-refractivity contribution is -0.156. The van der Waals surface area contributed by atoms with E-state index in [4.69, 9.17) is 9.47 Å². The Kier molecular flexibility index (Phi) is 6.29. The first-order chi connectivity index (χ1) is 17.2. The van der Waals surface area contributed by atoms with E-state index in [0.29, 0.717) is 25.9 Å². The van der Waals surface area contributed by atoms with Crippen molar-refractivity contribution in [2.75, 3.05) is 31.2 Å². The molecule has 0 radical (unpaired) electrons. The third kappa shape index (κ3) is 3.69. The smallest absolute Gasteiger partial charge is 0.313 e. The van der Waals surface area contributed by atoms with Crippen molar-refractivity contribution < 1.29 is 29.0 Å². The molecule has 0 saturated carbocycles. The van der Waals surface area contributed by atoms with Gasteiger partial charge < -0.3 is 24.4 Å². The number of carbonyl (C=O) groups excluding carboxylic acids is 3. The Morgan fingerprint density at radius 3 is 2.61 bits per heavy atom. The molecule has 8 nitrogen and oxygen atoms in total. The van der Waals surface area contributed by atoms with E-state index < -0.39 is 35.0 Å². The predicted molar refractivity (Wildman–Crippen MR) is 133 cm³/mol. The molecule has 36 heavy (non-hydrogen) atoms. The Morgan fingerprint density at radius 1 is 1.03 bits per heavy atom. The maximum Gasteiger partial charge on any atom is 0.313 e. The van der Waals surface area contributed by atoms with Crippen molar-refractivity contribution >= 4 is 23.5 Å². The molecule has 5 rings (SSSR count). The fourth-order valence-electron chi connectivity index (χ4n) is 6.39. The van der Waals surface area contributed by atoms with Crippen molar-refractivity contribution in [3.05, 3.63) is 53.6 Å². The normalized spacial score (nSPS) is 33.2. The molecule has 2 saturated heterocycles. The Labute approximate surface area is 211 Å². The van der Waals surface area contributed by atoms with E-state index in [2.05, 4.69) is 0 Å². The van der Waals surface area contributed by atoms with Crippen molar-refractivity contribution in [2.45, 2.75) is 57.3 Å². The Bertz CT molecular complexity index is 1140.